The van der Waals surface area contributed by atoms with Crippen molar-refractivity contribution in [2.24, 2.45) is 11.7 Å². The Bertz CT molecular complexity index is 300. The van der Waals surface area contributed by atoms with Crippen LogP contribution in [0.4, 0.5) is 0 Å². The molecule has 0 aliphatic heterocycles. The molecule has 2 amide bonds. The molecule has 1 saturated carbocycles. The van der Waals surface area contributed by atoms with Crippen LogP contribution in [0.5, 0.6) is 0 Å². The van der Waals surface area contributed by atoms with Gasteiger partial charge in [0.05, 0.1) is 6.54 Å². The third kappa shape index (κ3) is 5.78. The molecule has 0 aromatic heterocycles. The Kier molecular flexibility index (Phi) is 8.76. The Labute approximate surface area is 121 Å². The Morgan fingerprint density at radius 1 is 1.37 bits per heavy atom. The molecule has 0 aromatic carbocycles. The zero-order valence-corrected chi connectivity index (χ0v) is 12.7. The van der Waals surface area contributed by atoms with Crippen LogP contribution in [0.2, 0.25) is 0 Å². The van der Waals surface area contributed by atoms with Gasteiger partial charge in [-0.25, -0.2) is 0 Å². The van der Waals surface area contributed by atoms with Gasteiger partial charge in [-0.15, -0.1) is 12.4 Å². The van der Waals surface area contributed by atoms with E-state index in [0.29, 0.717) is 6.54 Å². The topological polar surface area (TPSA) is 75.4 Å². The van der Waals surface area contributed by atoms with E-state index in [0.717, 1.165) is 32.1 Å². The van der Waals surface area contributed by atoms with Crippen LogP contribution in [0.25, 0.3) is 0 Å². The molecule has 0 saturated heterocycles. The number of nitrogens with one attached hydrogen (secondary N) is 1. The summed E-state index contributed by atoms with van der Waals surface area (Å²) in [5, 5.41) is 2.56. The van der Waals surface area contributed by atoms with Crippen LogP contribution in [0.1, 0.15) is 39.0 Å². The Balaban J connectivity index is 0.00000324. The van der Waals surface area contributed by atoms with Crippen LogP contribution < -0.4 is 11.1 Å². The summed E-state index contributed by atoms with van der Waals surface area (Å²) in [5.74, 6) is -0.0162. The largest absolute Gasteiger partial charge is 0.358 e. The Morgan fingerprint density at radius 3 is 2.58 bits per heavy atom. The number of carbonyl (C=O) groups excluding carboxylic acids is 2. The number of amides is 2. The molecule has 5 nitrogen and oxygen atoms in total. The van der Waals surface area contributed by atoms with Gasteiger partial charge in [0.25, 0.3) is 0 Å². The minimum atomic E-state index is -0.114. The molecule has 0 spiro atoms. The molecule has 1 aliphatic rings. The van der Waals surface area contributed by atoms with Crippen molar-refractivity contribution in [3.8, 4) is 0 Å². The van der Waals surface area contributed by atoms with E-state index < -0.39 is 0 Å². The van der Waals surface area contributed by atoms with E-state index in [1.54, 1.807) is 11.9 Å². The van der Waals surface area contributed by atoms with Crippen molar-refractivity contribution in [3.05, 3.63) is 0 Å². The highest BCUT2D eigenvalue weighted by molar-refractivity contribution is 5.86. The van der Waals surface area contributed by atoms with Crippen molar-refractivity contribution in [2.45, 2.75) is 45.1 Å². The molecule has 0 aromatic rings. The summed E-state index contributed by atoms with van der Waals surface area (Å²) < 4.78 is 0. The molecule has 2 atom stereocenters. The van der Waals surface area contributed by atoms with Crippen LogP contribution in [0, 0.1) is 5.92 Å². The maximum Gasteiger partial charge on any atom is 0.239 e. The van der Waals surface area contributed by atoms with E-state index in [4.69, 9.17) is 5.73 Å². The summed E-state index contributed by atoms with van der Waals surface area (Å²) in [6, 6.07) is 0.135. The van der Waals surface area contributed by atoms with Gasteiger partial charge in [-0.3, -0.25) is 9.59 Å². The minimum Gasteiger partial charge on any atom is -0.358 e. The lowest BCUT2D eigenvalue weighted by molar-refractivity contribution is -0.140. The van der Waals surface area contributed by atoms with Gasteiger partial charge in [-0.1, -0.05) is 13.3 Å². The number of halogens is 1. The van der Waals surface area contributed by atoms with Crippen molar-refractivity contribution in [3.63, 3.8) is 0 Å². The maximum atomic E-state index is 12.4. The minimum absolute atomic E-state index is 0. The molecule has 1 rings (SSSR count). The van der Waals surface area contributed by atoms with Crippen LogP contribution >= 0.6 is 12.4 Å². The molecule has 0 bridgehead atoms. The summed E-state index contributed by atoms with van der Waals surface area (Å²) in [7, 11) is 1.59. The van der Waals surface area contributed by atoms with Gasteiger partial charge < -0.3 is 16.0 Å². The van der Waals surface area contributed by atoms with Crippen LogP contribution in [-0.4, -0.2) is 42.9 Å². The van der Waals surface area contributed by atoms with Crippen LogP contribution in [-0.2, 0) is 9.59 Å². The third-order valence-corrected chi connectivity index (χ3v) is 3.48. The van der Waals surface area contributed by atoms with Crippen molar-refractivity contribution in [2.75, 3.05) is 20.1 Å². The predicted octanol–water partition coefficient (Wildman–Crippen LogP) is 0.910. The molecule has 6 heteroatoms. The summed E-state index contributed by atoms with van der Waals surface area (Å²) in [6.07, 6.45) is 4.54. The molecular weight excluding hydrogens is 266 g/mol. The fourth-order valence-electron chi connectivity index (χ4n) is 2.50. The lowest BCUT2D eigenvalue weighted by Crippen LogP contribution is -2.45. The summed E-state index contributed by atoms with van der Waals surface area (Å²) in [6.45, 7) is 2.81. The number of nitrogens with zero attached hydrogens (tertiary/aromatic N) is 1. The van der Waals surface area contributed by atoms with Gasteiger partial charge in [0, 0.05) is 25.6 Å². The maximum absolute atomic E-state index is 12.4. The second-order valence-electron chi connectivity index (χ2n) is 5.06. The van der Waals surface area contributed by atoms with Crippen molar-refractivity contribution < 1.29 is 9.59 Å². The lowest BCUT2D eigenvalue weighted by Gasteiger charge is -2.31. The van der Waals surface area contributed by atoms with E-state index in [1.807, 2.05) is 6.92 Å². The van der Waals surface area contributed by atoms with Gasteiger partial charge in [-0.2, -0.15) is 0 Å². The molecular formula is C13H26ClN3O2. The average molecular weight is 292 g/mol. The highest BCUT2D eigenvalue weighted by Gasteiger charge is 2.29. The number of carbonyl (C=O) groups is 2. The van der Waals surface area contributed by atoms with Crippen LogP contribution in [0.3, 0.4) is 0 Å². The number of hydrogen-bond donors (Lipinski definition) is 2. The number of likely N-dealkylation sites (N-methyl/N-ethyl adjacent to an activating group) is 1. The van der Waals surface area contributed by atoms with Gasteiger partial charge in [0.1, 0.15) is 0 Å². The number of rotatable bonds is 5. The third-order valence-electron chi connectivity index (χ3n) is 3.48. The van der Waals surface area contributed by atoms with Crippen molar-refractivity contribution >= 4 is 24.2 Å². The summed E-state index contributed by atoms with van der Waals surface area (Å²) in [5.41, 5.74) is 5.91. The summed E-state index contributed by atoms with van der Waals surface area (Å²) in [4.78, 5) is 25.5. The Hall–Kier alpha value is -0.810. The second-order valence-corrected chi connectivity index (χ2v) is 5.06. The number of hydrogen-bond acceptors (Lipinski definition) is 3. The quantitative estimate of drug-likeness (QED) is 0.790. The van der Waals surface area contributed by atoms with E-state index in [2.05, 4.69) is 5.32 Å². The monoisotopic (exact) mass is 291 g/mol. The Morgan fingerprint density at radius 2 is 2.05 bits per heavy atom. The zero-order chi connectivity index (χ0) is 13.5. The second kappa shape index (κ2) is 9.15. The first kappa shape index (κ1) is 18.2. The molecule has 0 radical (unpaired) electrons. The predicted molar refractivity (Wildman–Crippen MR) is 78.1 cm³/mol. The average Bonchev–Trinajstić information content (AvgIpc) is 2.37. The fourth-order valence-corrected chi connectivity index (χ4v) is 2.50. The van der Waals surface area contributed by atoms with E-state index >= 15 is 0 Å². The van der Waals surface area contributed by atoms with Crippen LogP contribution in [0.15, 0.2) is 0 Å². The van der Waals surface area contributed by atoms with Gasteiger partial charge >= 0.3 is 0 Å². The van der Waals surface area contributed by atoms with Crippen molar-refractivity contribution in [1.82, 2.24) is 10.2 Å². The van der Waals surface area contributed by atoms with Crippen molar-refractivity contribution in [1.29, 1.82) is 0 Å². The highest BCUT2D eigenvalue weighted by Crippen LogP contribution is 2.25. The first-order chi connectivity index (χ1) is 8.58. The molecule has 19 heavy (non-hydrogen) atoms. The molecule has 1 fully saturated rings. The van der Waals surface area contributed by atoms with E-state index in [-0.39, 0.29) is 42.7 Å². The lowest BCUT2D eigenvalue weighted by atomic mass is 9.85. The molecule has 112 valence electrons. The highest BCUT2D eigenvalue weighted by atomic mass is 35.5. The molecule has 2 unspecified atom stereocenters. The molecule has 1 aliphatic carbocycles. The standard InChI is InChI=1S/C13H25N3O2.ClH/c1-3-7-16(9-12(17)15-2)13(18)10-5-4-6-11(14)8-10;/h10-11H,3-9,14H2,1-2H3,(H,15,17);1H. The van der Waals surface area contributed by atoms with E-state index in [9.17, 15) is 9.59 Å². The first-order valence-corrected chi connectivity index (χ1v) is 6.83. The SMILES string of the molecule is CCCN(CC(=O)NC)C(=O)C1CCCC(N)C1.Cl. The molecule has 3 N–H and O–H groups in total. The molecule has 0 heterocycles. The van der Waals surface area contributed by atoms with E-state index in [1.165, 1.54) is 0 Å². The fraction of sp³-hybridized carbons (Fsp3) is 0.846. The zero-order valence-electron chi connectivity index (χ0n) is 11.9. The van der Waals surface area contributed by atoms with Gasteiger partial charge in [-0.05, 0) is 25.7 Å². The van der Waals surface area contributed by atoms with Gasteiger partial charge in [0.2, 0.25) is 11.8 Å². The number of nitrogens with two attached hydrogens (primary N) is 1. The smallest absolute Gasteiger partial charge is 0.239 e. The first-order valence-electron chi connectivity index (χ1n) is 6.83. The summed E-state index contributed by atoms with van der Waals surface area (Å²) >= 11 is 0. The normalized spacial score (nSPS) is 22.3. The van der Waals surface area contributed by atoms with Gasteiger partial charge in [0.15, 0.2) is 0 Å².